The summed E-state index contributed by atoms with van der Waals surface area (Å²) in [7, 11) is 0. The zero-order valence-corrected chi connectivity index (χ0v) is 12.9. The van der Waals surface area contributed by atoms with Crippen LogP contribution in [-0.4, -0.2) is 59.7 Å². The maximum absolute atomic E-state index is 9.69. The van der Waals surface area contributed by atoms with Crippen LogP contribution in [0.2, 0.25) is 0 Å². The Morgan fingerprint density at radius 1 is 1.27 bits per heavy atom. The molecule has 0 aliphatic carbocycles. The van der Waals surface area contributed by atoms with Gasteiger partial charge in [0.1, 0.15) is 12.4 Å². The van der Waals surface area contributed by atoms with Gasteiger partial charge in [-0.25, -0.2) is 0 Å². The van der Waals surface area contributed by atoms with Gasteiger partial charge in [0.15, 0.2) is 0 Å². The predicted octanol–water partition coefficient (Wildman–Crippen LogP) is 1.17. The monoisotopic (exact) mass is 307 g/mol. The van der Waals surface area contributed by atoms with E-state index in [9.17, 15) is 5.11 Å². The van der Waals surface area contributed by atoms with Gasteiger partial charge >= 0.3 is 0 Å². The van der Waals surface area contributed by atoms with E-state index in [0.29, 0.717) is 13.2 Å². The van der Waals surface area contributed by atoms with Crippen LogP contribution in [0.5, 0.6) is 5.75 Å². The third kappa shape index (κ3) is 3.60. The van der Waals surface area contributed by atoms with Crippen molar-refractivity contribution in [2.45, 2.75) is 37.5 Å². The molecule has 22 heavy (non-hydrogen) atoms. The van der Waals surface area contributed by atoms with E-state index in [1.165, 1.54) is 0 Å². The van der Waals surface area contributed by atoms with Gasteiger partial charge in [-0.15, -0.1) is 0 Å². The van der Waals surface area contributed by atoms with E-state index in [4.69, 9.17) is 14.6 Å². The van der Waals surface area contributed by atoms with E-state index in [1.807, 2.05) is 18.2 Å². The van der Waals surface area contributed by atoms with E-state index < -0.39 is 0 Å². The maximum atomic E-state index is 9.69. The molecular formula is C17H25NO4. The second-order valence-corrected chi connectivity index (χ2v) is 6.31. The number of ether oxygens (including phenoxy) is 2. The second kappa shape index (κ2) is 6.96. The zero-order chi connectivity index (χ0) is 15.4. The zero-order valence-electron chi connectivity index (χ0n) is 12.9. The lowest BCUT2D eigenvalue weighted by molar-refractivity contribution is -0.0457. The van der Waals surface area contributed by atoms with Gasteiger partial charge in [-0.05, 0) is 18.9 Å². The molecule has 2 heterocycles. The summed E-state index contributed by atoms with van der Waals surface area (Å²) in [5.74, 6) is 0.851. The minimum absolute atomic E-state index is 0.0280. The van der Waals surface area contributed by atoms with Crippen molar-refractivity contribution in [1.29, 1.82) is 0 Å². The number of hydrogen-bond donors (Lipinski definition) is 2. The minimum Gasteiger partial charge on any atom is -0.491 e. The van der Waals surface area contributed by atoms with Crippen molar-refractivity contribution in [3.8, 4) is 5.75 Å². The number of rotatable bonds is 5. The Morgan fingerprint density at radius 3 is 2.73 bits per heavy atom. The van der Waals surface area contributed by atoms with Crippen LogP contribution in [0, 0.1) is 0 Å². The van der Waals surface area contributed by atoms with Crippen molar-refractivity contribution < 1.29 is 19.7 Å². The number of piperidine rings is 1. The Hall–Kier alpha value is -1.14. The highest BCUT2D eigenvalue weighted by molar-refractivity contribution is 5.33. The second-order valence-electron chi connectivity index (χ2n) is 6.31. The van der Waals surface area contributed by atoms with Gasteiger partial charge in [-0.2, -0.15) is 0 Å². The first-order valence-electron chi connectivity index (χ1n) is 8.07. The maximum Gasteiger partial charge on any atom is 0.123 e. The van der Waals surface area contributed by atoms with Crippen molar-refractivity contribution in [2.24, 2.45) is 0 Å². The SMILES string of the molecule is OCCOc1ccccc1CN1CCC2(CC1)C[C@H](O)CO2. The van der Waals surface area contributed by atoms with Crippen molar-refractivity contribution in [3.05, 3.63) is 29.8 Å². The largest absolute Gasteiger partial charge is 0.491 e. The van der Waals surface area contributed by atoms with Crippen molar-refractivity contribution in [1.82, 2.24) is 4.90 Å². The summed E-state index contributed by atoms with van der Waals surface area (Å²) in [6.45, 7) is 3.63. The van der Waals surface area contributed by atoms with Crippen LogP contribution < -0.4 is 4.74 Å². The van der Waals surface area contributed by atoms with Gasteiger partial charge in [0, 0.05) is 31.6 Å². The van der Waals surface area contributed by atoms with Crippen LogP contribution >= 0.6 is 0 Å². The summed E-state index contributed by atoms with van der Waals surface area (Å²) in [4.78, 5) is 2.40. The lowest BCUT2D eigenvalue weighted by atomic mass is 9.88. The van der Waals surface area contributed by atoms with Crippen LogP contribution in [0.1, 0.15) is 24.8 Å². The molecule has 0 aromatic heterocycles. The summed E-state index contributed by atoms with van der Waals surface area (Å²) >= 11 is 0. The third-order valence-corrected chi connectivity index (χ3v) is 4.67. The molecule has 1 aromatic carbocycles. The van der Waals surface area contributed by atoms with Crippen LogP contribution in [-0.2, 0) is 11.3 Å². The van der Waals surface area contributed by atoms with Crippen LogP contribution in [0.4, 0.5) is 0 Å². The first-order valence-corrected chi connectivity index (χ1v) is 8.07. The fourth-order valence-corrected chi connectivity index (χ4v) is 3.46. The quantitative estimate of drug-likeness (QED) is 0.855. The lowest BCUT2D eigenvalue weighted by Crippen LogP contribution is -2.43. The number of benzene rings is 1. The molecule has 122 valence electrons. The van der Waals surface area contributed by atoms with E-state index in [1.54, 1.807) is 0 Å². The number of aliphatic hydroxyl groups excluding tert-OH is 2. The van der Waals surface area contributed by atoms with E-state index >= 15 is 0 Å². The molecule has 0 unspecified atom stereocenters. The molecule has 0 radical (unpaired) electrons. The van der Waals surface area contributed by atoms with Gasteiger partial charge in [-0.1, -0.05) is 18.2 Å². The molecule has 3 rings (SSSR count). The average Bonchev–Trinajstić information content (AvgIpc) is 2.90. The Kier molecular flexibility index (Phi) is 4.98. The fourth-order valence-electron chi connectivity index (χ4n) is 3.46. The van der Waals surface area contributed by atoms with Gasteiger partial charge in [0.05, 0.1) is 24.9 Å². The Bertz CT molecular complexity index is 485. The number of aliphatic hydroxyl groups is 2. The molecule has 5 heteroatoms. The Labute approximate surface area is 131 Å². The molecule has 2 N–H and O–H groups in total. The average molecular weight is 307 g/mol. The summed E-state index contributed by atoms with van der Waals surface area (Å²) in [6.07, 6.45) is 2.43. The topological polar surface area (TPSA) is 62.2 Å². The Morgan fingerprint density at radius 2 is 2.05 bits per heavy atom. The third-order valence-electron chi connectivity index (χ3n) is 4.67. The van der Waals surface area contributed by atoms with Gasteiger partial charge in [0.25, 0.3) is 0 Å². The van der Waals surface area contributed by atoms with Gasteiger partial charge < -0.3 is 19.7 Å². The van der Waals surface area contributed by atoms with Crippen LogP contribution in [0.15, 0.2) is 24.3 Å². The molecule has 2 aliphatic rings. The molecular weight excluding hydrogens is 282 g/mol. The van der Waals surface area contributed by atoms with E-state index in [-0.39, 0.29) is 18.3 Å². The number of hydrogen-bond acceptors (Lipinski definition) is 5. The van der Waals surface area contributed by atoms with Crippen molar-refractivity contribution >= 4 is 0 Å². The number of para-hydroxylation sites is 1. The first kappa shape index (κ1) is 15.7. The minimum atomic E-state index is -0.292. The van der Waals surface area contributed by atoms with Crippen molar-refractivity contribution in [2.75, 3.05) is 32.9 Å². The molecule has 5 nitrogen and oxygen atoms in total. The summed E-state index contributed by atoms with van der Waals surface area (Å²) in [5, 5.41) is 18.6. The molecule has 0 saturated carbocycles. The smallest absolute Gasteiger partial charge is 0.123 e. The fraction of sp³-hybridized carbons (Fsp3) is 0.647. The lowest BCUT2D eigenvalue weighted by Gasteiger charge is -2.38. The molecule has 2 aliphatic heterocycles. The molecule has 1 atom stereocenters. The highest BCUT2D eigenvalue weighted by Gasteiger charge is 2.42. The molecule has 1 spiro atoms. The summed E-state index contributed by atoms with van der Waals surface area (Å²) in [6, 6.07) is 8.00. The predicted molar refractivity (Wildman–Crippen MR) is 82.8 cm³/mol. The van der Waals surface area contributed by atoms with E-state index in [0.717, 1.165) is 50.2 Å². The highest BCUT2D eigenvalue weighted by atomic mass is 16.5. The van der Waals surface area contributed by atoms with Crippen molar-refractivity contribution in [3.63, 3.8) is 0 Å². The molecule has 0 amide bonds. The number of likely N-dealkylation sites (tertiary alicyclic amines) is 1. The molecule has 0 bridgehead atoms. The number of nitrogens with zero attached hydrogens (tertiary/aromatic N) is 1. The van der Waals surface area contributed by atoms with Crippen LogP contribution in [0.25, 0.3) is 0 Å². The first-order chi connectivity index (χ1) is 10.7. The van der Waals surface area contributed by atoms with Crippen LogP contribution in [0.3, 0.4) is 0 Å². The molecule has 2 saturated heterocycles. The Balaban J connectivity index is 1.57. The van der Waals surface area contributed by atoms with Gasteiger partial charge in [-0.3, -0.25) is 4.90 Å². The summed E-state index contributed by atoms with van der Waals surface area (Å²) in [5.41, 5.74) is 1.06. The summed E-state index contributed by atoms with van der Waals surface area (Å²) < 4.78 is 11.4. The normalized spacial score (nSPS) is 24.7. The molecule has 2 fully saturated rings. The molecule has 1 aromatic rings. The highest BCUT2D eigenvalue weighted by Crippen LogP contribution is 2.36. The standard InChI is InChI=1S/C17H25NO4/c19-9-10-21-16-4-2-1-3-14(16)12-18-7-5-17(6-8-18)11-15(20)13-22-17/h1-4,15,19-20H,5-13H2/t15-/m0/s1. The van der Waals surface area contributed by atoms with Gasteiger partial charge in [0.2, 0.25) is 0 Å². The van der Waals surface area contributed by atoms with E-state index in [2.05, 4.69) is 11.0 Å².